The van der Waals surface area contributed by atoms with Crippen molar-refractivity contribution in [1.82, 2.24) is 15.5 Å². The number of hydrogen-bond donors (Lipinski definition) is 3. The van der Waals surface area contributed by atoms with Crippen LogP contribution in [0.5, 0.6) is 5.75 Å². The average molecular weight is 440 g/mol. The molecule has 1 aromatic carbocycles. The molecule has 3 N–H and O–H groups in total. The van der Waals surface area contributed by atoms with Crippen LogP contribution in [0.25, 0.3) is 0 Å². The van der Waals surface area contributed by atoms with Crippen molar-refractivity contribution in [3.8, 4) is 5.75 Å². The number of allylic oxidation sites excluding steroid dienone is 1. The minimum atomic E-state index is -0.985. The molecule has 4 fully saturated rings. The highest BCUT2D eigenvalue weighted by atomic mass is 16.5. The molecule has 2 aliphatic carbocycles. The third-order valence-electron chi connectivity index (χ3n) is 8.48. The molecule has 0 aromatic heterocycles. The van der Waals surface area contributed by atoms with Crippen molar-refractivity contribution in [2.24, 2.45) is 5.92 Å². The highest BCUT2D eigenvalue weighted by Gasteiger charge is 2.73. The lowest BCUT2D eigenvalue weighted by molar-refractivity contribution is -0.146. The van der Waals surface area contributed by atoms with Gasteiger partial charge >= 0.3 is 6.03 Å². The van der Waals surface area contributed by atoms with Gasteiger partial charge in [0.05, 0.1) is 12.7 Å². The lowest BCUT2D eigenvalue weighted by atomic mass is 9.55. The molecule has 0 bridgehead atoms. The SMILES string of the molecule is COc1ccc(C)c([C@]23CC4CN(CC=C(C)C)[C@H]4[C@]2(O)CC[C@@]2(C3)NC(=O)NC2=O)c1. The zero-order chi connectivity index (χ0) is 22.9. The first kappa shape index (κ1) is 21.5. The highest BCUT2D eigenvalue weighted by molar-refractivity contribution is 6.07. The van der Waals surface area contributed by atoms with Crippen LogP contribution in [-0.4, -0.2) is 59.3 Å². The number of nitrogens with zero attached hydrogens (tertiary/aromatic N) is 1. The van der Waals surface area contributed by atoms with E-state index in [9.17, 15) is 14.7 Å². The molecule has 2 saturated carbocycles. The van der Waals surface area contributed by atoms with Gasteiger partial charge < -0.3 is 15.2 Å². The van der Waals surface area contributed by atoms with Crippen molar-refractivity contribution < 1.29 is 19.4 Å². The summed E-state index contributed by atoms with van der Waals surface area (Å²) in [5, 5.41) is 17.8. The molecule has 3 amide bonds. The smallest absolute Gasteiger partial charge is 0.322 e. The summed E-state index contributed by atoms with van der Waals surface area (Å²) < 4.78 is 5.54. The molecule has 4 aliphatic rings. The molecule has 7 nitrogen and oxygen atoms in total. The van der Waals surface area contributed by atoms with Gasteiger partial charge in [-0.25, -0.2) is 4.79 Å². The van der Waals surface area contributed by atoms with E-state index in [0.29, 0.717) is 25.2 Å². The van der Waals surface area contributed by atoms with E-state index in [1.54, 1.807) is 7.11 Å². The van der Waals surface area contributed by atoms with Gasteiger partial charge in [-0.2, -0.15) is 0 Å². The van der Waals surface area contributed by atoms with Crippen molar-refractivity contribution in [1.29, 1.82) is 0 Å². The number of fused-ring (bicyclic) bond motifs is 3. The standard InChI is InChI=1S/C25H33N3O4/c1-15(2)7-10-28-13-17-12-23(19-11-18(32-4)6-5-16(19)3)14-24(21(29)26-22(30)27-24)8-9-25(23,31)20(17)28/h5-7,11,17,20,31H,8-10,12-14H2,1-4H3,(H2,26,27,29,30)/t17?,20-,23-,24+,25-/m1/s1. The molecule has 5 atom stereocenters. The van der Waals surface area contributed by atoms with Crippen molar-refractivity contribution in [3.05, 3.63) is 41.0 Å². The molecule has 2 heterocycles. The zero-order valence-corrected chi connectivity index (χ0v) is 19.3. The second kappa shape index (κ2) is 7.06. The maximum atomic E-state index is 12.9. The number of methoxy groups -OCH3 is 1. The predicted molar refractivity (Wildman–Crippen MR) is 121 cm³/mol. The maximum Gasteiger partial charge on any atom is 0.322 e. The summed E-state index contributed by atoms with van der Waals surface area (Å²) in [6.07, 6.45) is 4.30. The number of imide groups is 1. The van der Waals surface area contributed by atoms with Gasteiger partial charge in [0.1, 0.15) is 11.3 Å². The average Bonchev–Trinajstić information content (AvgIpc) is 3.10. The minimum absolute atomic E-state index is 0.0428. The first-order valence-corrected chi connectivity index (χ1v) is 11.5. The number of aryl methyl sites for hydroxylation is 1. The van der Waals surface area contributed by atoms with Crippen LogP contribution in [0.2, 0.25) is 0 Å². The molecule has 7 heteroatoms. The Morgan fingerprint density at radius 1 is 1.31 bits per heavy atom. The van der Waals surface area contributed by atoms with Gasteiger partial charge in [-0.1, -0.05) is 17.7 Å². The first-order valence-electron chi connectivity index (χ1n) is 11.5. The second-order valence-corrected chi connectivity index (χ2v) is 10.5. The van der Waals surface area contributed by atoms with Crippen molar-refractivity contribution >= 4 is 11.9 Å². The molecule has 2 aliphatic heterocycles. The predicted octanol–water partition coefficient (Wildman–Crippen LogP) is 2.40. The molecule has 0 radical (unpaired) electrons. The van der Waals surface area contributed by atoms with Crippen molar-refractivity contribution in [3.63, 3.8) is 0 Å². The number of hydrogen-bond acceptors (Lipinski definition) is 5. The van der Waals surface area contributed by atoms with E-state index in [1.807, 2.05) is 18.2 Å². The van der Waals surface area contributed by atoms with Gasteiger partial charge in [-0.05, 0) is 75.6 Å². The number of ether oxygens (including phenoxy) is 1. The second-order valence-electron chi connectivity index (χ2n) is 10.5. The fourth-order valence-corrected chi connectivity index (χ4v) is 7.07. The van der Waals surface area contributed by atoms with Crippen LogP contribution in [-0.2, 0) is 10.2 Å². The third kappa shape index (κ3) is 2.80. The van der Waals surface area contributed by atoms with Gasteiger partial charge in [0, 0.05) is 24.5 Å². The minimum Gasteiger partial charge on any atom is -0.497 e. The van der Waals surface area contributed by atoms with Gasteiger partial charge in [0.15, 0.2) is 0 Å². The van der Waals surface area contributed by atoms with Crippen LogP contribution in [0.15, 0.2) is 29.8 Å². The van der Waals surface area contributed by atoms with Crippen LogP contribution >= 0.6 is 0 Å². The van der Waals surface area contributed by atoms with E-state index in [4.69, 9.17) is 4.74 Å². The molecule has 2 saturated heterocycles. The topological polar surface area (TPSA) is 90.9 Å². The van der Waals surface area contributed by atoms with E-state index in [0.717, 1.165) is 36.4 Å². The number of amides is 3. The lowest BCUT2D eigenvalue weighted by Gasteiger charge is -2.57. The van der Waals surface area contributed by atoms with Gasteiger partial charge in [0.25, 0.3) is 5.91 Å². The summed E-state index contributed by atoms with van der Waals surface area (Å²) in [5.41, 5.74) is 0.760. The van der Waals surface area contributed by atoms with E-state index in [2.05, 4.69) is 42.4 Å². The number of rotatable bonds is 4. The molecular formula is C25H33N3O4. The van der Waals surface area contributed by atoms with Crippen LogP contribution in [0, 0.1) is 12.8 Å². The number of carbonyl (C=O) groups excluding carboxylic acids is 2. The summed E-state index contributed by atoms with van der Waals surface area (Å²) in [6, 6.07) is 5.59. The number of nitrogens with one attached hydrogen (secondary N) is 2. The zero-order valence-electron chi connectivity index (χ0n) is 19.3. The fourth-order valence-electron chi connectivity index (χ4n) is 7.07. The Morgan fingerprint density at radius 2 is 2.09 bits per heavy atom. The molecule has 1 unspecified atom stereocenters. The Balaban J connectivity index is 1.63. The van der Waals surface area contributed by atoms with Gasteiger partial charge in [-0.15, -0.1) is 0 Å². The van der Waals surface area contributed by atoms with E-state index < -0.39 is 22.6 Å². The van der Waals surface area contributed by atoms with E-state index in [-0.39, 0.29) is 11.9 Å². The third-order valence-corrected chi connectivity index (χ3v) is 8.48. The van der Waals surface area contributed by atoms with Crippen molar-refractivity contribution in [2.45, 2.75) is 69.1 Å². The number of aliphatic hydroxyl groups is 1. The Bertz CT molecular complexity index is 1020. The molecular weight excluding hydrogens is 406 g/mol. The lowest BCUT2D eigenvalue weighted by Crippen LogP contribution is -2.70. The van der Waals surface area contributed by atoms with Gasteiger partial charge in [-0.3, -0.25) is 15.0 Å². The van der Waals surface area contributed by atoms with Gasteiger partial charge in [0.2, 0.25) is 0 Å². The monoisotopic (exact) mass is 439 g/mol. The van der Waals surface area contributed by atoms with Crippen LogP contribution in [0.1, 0.15) is 50.7 Å². The number of carbonyl (C=O) groups is 2. The Kier molecular flexibility index (Phi) is 4.73. The molecule has 5 rings (SSSR count). The highest BCUT2D eigenvalue weighted by Crippen LogP contribution is 2.65. The molecule has 172 valence electrons. The first-order chi connectivity index (χ1) is 15.1. The van der Waals surface area contributed by atoms with Crippen LogP contribution in [0.3, 0.4) is 0 Å². The Labute approximate surface area is 189 Å². The maximum absolute atomic E-state index is 12.9. The van der Waals surface area contributed by atoms with Crippen molar-refractivity contribution in [2.75, 3.05) is 20.2 Å². The van der Waals surface area contributed by atoms with Crippen LogP contribution in [0.4, 0.5) is 4.79 Å². The number of benzene rings is 1. The quantitative estimate of drug-likeness (QED) is 0.495. The fraction of sp³-hybridized carbons (Fsp3) is 0.600. The largest absolute Gasteiger partial charge is 0.497 e. The van der Waals surface area contributed by atoms with Crippen LogP contribution < -0.4 is 15.4 Å². The number of likely N-dealkylation sites (tertiary alicyclic amines) is 1. The number of urea groups is 1. The molecule has 1 aromatic rings. The Morgan fingerprint density at radius 3 is 2.75 bits per heavy atom. The summed E-state index contributed by atoms with van der Waals surface area (Å²) in [5.74, 6) is 0.819. The summed E-state index contributed by atoms with van der Waals surface area (Å²) in [6.45, 7) is 8.00. The van der Waals surface area contributed by atoms with E-state index >= 15 is 0 Å². The van der Waals surface area contributed by atoms with E-state index in [1.165, 1.54) is 5.57 Å². The molecule has 32 heavy (non-hydrogen) atoms. The summed E-state index contributed by atoms with van der Waals surface area (Å²) in [7, 11) is 1.64. The normalized spacial score (nSPS) is 37.9. The summed E-state index contributed by atoms with van der Waals surface area (Å²) in [4.78, 5) is 27.4. The summed E-state index contributed by atoms with van der Waals surface area (Å²) >= 11 is 0. The Hall–Kier alpha value is -2.38. The molecule has 1 spiro atoms.